The van der Waals surface area contributed by atoms with Gasteiger partial charge in [0.25, 0.3) is 0 Å². The zero-order valence-corrected chi connectivity index (χ0v) is 42.7. The van der Waals surface area contributed by atoms with Crippen LogP contribution >= 0.6 is 0 Å². The lowest BCUT2D eigenvalue weighted by molar-refractivity contribution is 0.590. The van der Waals surface area contributed by atoms with Crippen molar-refractivity contribution in [3.8, 4) is 11.1 Å². The number of para-hydroxylation sites is 1. The molecule has 0 aliphatic carbocycles. The Labute approximate surface area is 421 Å². The van der Waals surface area contributed by atoms with E-state index >= 15 is 0 Å². The smallest absolute Gasteiger partial charge is 0.135 e. The Kier molecular flexibility index (Phi) is 9.58. The van der Waals surface area contributed by atoms with Gasteiger partial charge >= 0.3 is 0 Å². The SMILES string of the molecule is CC(C)(C)c1ccc(Nc2ccc3cc4c5cc(-c6ccc7oc8ccccc8c7c6)cc6c7cc8ccc(N(c9ccc(C(C)(C)C)cc9)c9ccc(C(C)(C)C)cc9)cc8cc7n(c4cc3c2)c56)cc1. The Morgan fingerprint density at radius 3 is 1.43 bits per heavy atom. The number of furan rings is 1. The predicted molar refractivity (Wildman–Crippen MR) is 309 cm³/mol. The van der Waals surface area contributed by atoms with E-state index in [2.05, 4.69) is 259 Å². The van der Waals surface area contributed by atoms with Crippen LogP contribution in [-0.4, -0.2) is 4.40 Å². The molecule has 0 spiro atoms. The lowest BCUT2D eigenvalue weighted by Crippen LogP contribution is -2.14. The van der Waals surface area contributed by atoms with Crippen LogP contribution in [0.25, 0.3) is 92.7 Å². The van der Waals surface area contributed by atoms with Gasteiger partial charge in [-0.1, -0.05) is 135 Å². The van der Waals surface area contributed by atoms with Gasteiger partial charge in [0.2, 0.25) is 0 Å². The molecule has 0 saturated heterocycles. The third kappa shape index (κ3) is 7.26. The number of nitrogens with one attached hydrogen (secondary N) is 1. The number of anilines is 5. The molecule has 4 heteroatoms. The first-order valence-electron chi connectivity index (χ1n) is 25.5. The van der Waals surface area contributed by atoms with Gasteiger partial charge in [0.1, 0.15) is 11.2 Å². The number of fused-ring (bicyclic) bond motifs is 11. The minimum atomic E-state index is 0.0557. The maximum Gasteiger partial charge on any atom is 0.135 e. The fourth-order valence-electron chi connectivity index (χ4n) is 11.2. The zero-order chi connectivity index (χ0) is 49.4. The molecule has 352 valence electrons. The van der Waals surface area contributed by atoms with E-state index in [1.807, 2.05) is 6.07 Å². The molecule has 1 N–H and O–H groups in total. The molecule has 0 amide bonds. The number of rotatable bonds is 6. The number of aromatic nitrogens is 1. The van der Waals surface area contributed by atoms with Crippen LogP contribution in [0.2, 0.25) is 0 Å². The van der Waals surface area contributed by atoms with Gasteiger partial charge in [0.15, 0.2) is 0 Å². The fraction of sp³-hybridized carbons (Fsp3) is 0.176. The number of nitrogens with zero attached hydrogens (tertiary/aromatic N) is 2. The van der Waals surface area contributed by atoms with Crippen LogP contribution in [0.4, 0.5) is 28.4 Å². The molecule has 13 aromatic rings. The van der Waals surface area contributed by atoms with Gasteiger partial charge in [-0.25, -0.2) is 0 Å². The number of hydrogen-bond donors (Lipinski definition) is 1. The lowest BCUT2D eigenvalue weighted by Gasteiger charge is -2.28. The second-order valence-corrected chi connectivity index (χ2v) is 23.3. The molecule has 3 aromatic heterocycles. The van der Waals surface area contributed by atoms with Crippen molar-refractivity contribution in [3.05, 3.63) is 205 Å². The van der Waals surface area contributed by atoms with Crippen LogP contribution in [0.1, 0.15) is 79.0 Å². The maximum absolute atomic E-state index is 6.29. The highest BCUT2D eigenvalue weighted by Crippen LogP contribution is 2.46. The van der Waals surface area contributed by atoms with Crippen molar-refractivity contribution in [2.45, 2.75) is 78.6 Å². The molecular formula is C68H59N3O. The predicted octanol–water partition coefficient (Wildman–Crippen LogP) is 19.8. The van der Waals surface area contributed by atoms with E-state index in [0.717, 1.165) is 50.4 Å². The summed E-state index contributed by atoms with van der Waals surface area (Å²) in [5, 5.41) is 15.8. The summed E-state index contributed by atoms with van der Waals surface area (Å²) >= 11 is 0. The Bertz CT molecular complexity index is 4210. The highest BCUT2D eigenvalue weighted by atomic mass is 16.3. The van der Waals surface area contributed by atoms with Crippen molar-refractivity contribution in [1.82, 2.24) is 4.40 Å². The molecule has 3 heterocycles. The molecule has 4 nitrogen and oxygen atoms in total. The Balaban J connectivity index is 1.02. The molecule has 0 radical (unpaired) electrons. The molecule has 0 saturated carbocycles. The van der Waals surface area contributed by atoms with Gasteiger partial charge in [-0.05, 0) is 181 Å². The first kappa shape index (κ1) is 43.9. The fourth-order valence-corrected chi connectivity index (χ4v) is 11.2. The quantitative estimate of drug-likeness (QED) is 0.180. The first-order chi connectivity index (χ1) is 34.5. The average Bonchev–Trinajstić information content (AvgIpc) is 4.00. The minimum Gasteiger partial charge on any atom is -0.456 e. The highest BCUT2D eigenvalue weighted by molar-refractivity contribution is 6.27. The molecule has 72 heavy (non-hydrogen) atoms. The second kappa shape index (κ2) is 15.7. The van der Waals surface area contributed by atoms with Crippen LogP contribution in [0.5, 0.6) is 0 Å². The largest absolute Gasteiger partial charge is 0.456 e. The van der Waals surface area contributed by atoms with E-state index in [1.165, 1.54) is 87.5 Å². The van der Waals surface area contributed by atoms with E-state index in [-0.39, 0.29) is 16.2 Å². The molecule has 0 bridgehead atoms. The van der Waals surface area contributed by atoms with Gasteiger partial charge in [-0.15, -0.1) is 0 Å². The number of benzene rings is 10. The normalized spacial score (nSPS) is 12.8. The molecule has 0 atom stereocenters. The molecule has 13 rings (SSSR count). The summed E-state index contributed by atoms with van der Waals surface area (Å²) in [6.45, 7) is 20.4. The van der Waals surface area contributed by atoms with Gasteiger partial charge in [0, 0.05) is 60.8 Å². The number of hydrogen-bond acceptors (Lipinski definition) is 3. The minimum absolute atomic E-state index is 0.0557. The van der Waals surface area contributed by atoms with E-state index in [0.29, 0.717) is 0 Å². The lowest BCUT2D eigenvalue weighted by atomic mass is 9.86. The molecule has 10 aromatic carbocycles. The van der Waals surface area contributed by atoms with E-state index < -0.39 is 0 Å². The molecule has 0 aliphatic heterocycles. The van der Waals surface area contributed by atoms with Crippen LogP contribution < -0.4 is 10.2 Å². The highest BCUT2D eigenvalue weighted by Gasteiger charge is 2.23. The van der Waals surface area contributed by atoms with Crippen LogP contribution in [-0.2, 0) is 16.2 Å². The summed E-state index contributed by atoms with van der Waals surface area (Å²) in [4.78, 5) is 2.41. The first-order valence-corrected chi connectivity index (χ1v) is 25.5. The second-order valence-electron chi connectivity index (χ2n) is 23.3. The topological polar surface area (TPSA) is 32.8 Å². The molecule has 0 fully saturated rings. The van der Waals surface area contributed by atoms with Gasteiger partial charge in [-0.3, -0.25) is 0 Å². The van der Waals surface area contributed by atoms with Crippen molar-refractivity contribution < 1.29 is 4.42 Å². The van der Waals surface area contributed by atoms with Gasteiger partial charge < -0.3 is 19.0 Å². The van der Waals surface area contributed by atoms with E-state index in [1.54, 1.807) is 0 Å². The summed E-state index contributed by atoms with van der Waals surface area (Å²) in [7, 11) is 0. The average molecular weight is 934 g/mol. The van der Waals surface area contributed by atoms with E-state index in [9.17, 15) is 0 Å². The Morgan fingerprint density at radius 1 is 0.361 bits per heavy atom. The molecule has 0 aliphatic rings. The maximum atomic E-state index is 6.29. The summed E-state index contributed by atoms with van der Waals surface area (Å²) < 4.78 is 8.83. The Hall–Kier alpha value is -8.08. The summed E-state index contributed by atoms with van der Waals surface area (Å²) in [5.74, 6) is 0. The summed E-state index contributed by atoms with van der Waals surface area (Å²) in [5.41, 5.74) is 17.5. The standard InChI is InChI=1S/C68H59N3O/c1-66(2,3)47-17-24-50(25-18-47)69-51-23-14-41-34-56-59-37-46(43-16-31-64-58(36-43)55-12-10-11-13-63(55)72-64)38-60-57-35-42-15-26-54(33-45(42)40-62(57)71(65(59)60)61(56)39-44(41)32-51)70(52-27-19-48(20-28-52)67(4,5)6)53-29-21-49(22-30-53)68(7,8)9/h10-40,69H,1-9H3. The van der Waals surface area contributed by atoms with Crippen LogP contribution in [0, 0.1) is 0 Å². The molecular weight excluding hydrogens is 875 g/mol. The van der Waals surface area contributed by atoms with Gasteiger partial charge in [-0.2, -0.15) is 0 Å². The third-order valence-corrected chi connectivity index (χ3v) is 15.3. The van der Waals surface area contributed by atoms with Crippen LogP contribution in [0.15, 0.2) is 192 Å². The molecule has 0 unspecified atom stereocenters. The van der Waals surface area contributed by atoms with Crippen molar-refractivity contribution >= 4 is 110 Å². The Morgan fingerprint density at radius 2 is 0.847 bits per heavy atom. The van der Waals surface area contributed by atoms with Crippen molar-refractivity contribution in [2.75, 3.05) is 10.2 Å². The monoisotopic (exact) mass is 933 g/mol. The van der Waals surface area contributed by atoms with Crippen molar-refractivity contribution in [1.29, 1.82) is 0 Å². The van der Waals surface area contributed by atoms with Crippen molar-refractivity contribution in [2.24, 2.45) is 0 Å². The van der Waals surface area contributed by atoms with Gasteiger partial charge in [0.05, 0.1) is 16.6 Å². The zero-order valence-electron chi connectivity index (χ0n) is 42.7. The summed E-state index contributed by atoms with van der Waals surface area (Å²) in [6, 6.07) is 70.4. The van der Waals surface area contributed by atoms with Crippen LogP contribution in [0.3, 0.4) is 0 Å². The third-order valence-electron chi connectivity index (χ3n) is 15.3. The summed E-state index contributed by atoms with van der Waals surface area (Å²) in [6.07, 6.45) is 0. The van der Waals surface area contributed by atoms with E-state index in [4.69, 9.17) is 4.42 Å². The van der Waals surface area contributed by atoms with Crippen molar-refractivity contribution in [3.63, 3.8) is 0 Å².